The number of hydrogen-bond donors (Lipinski definition) is 1. The fourth-order valence-electron chi connectivity index (χ4n) is 2.28. The Morgan fingerprint density at radius 1 is 1.57 bits per heavy atom. The van der Waals surface area contributed by atoms with Crippen molar-refractivity contribution in [2.24, 2.45) is 5.92 Å². The normalized spacial score (nSPS) is 22.0. The predicted octanol–water partition coefficient (Wildman–Crippen LogP) is 0.983. The number of carbonyl (C=O) groups excluding carboxylic acids is 1. The average molecular weight is 295 g/mol. The number of rotatable bonds is 3. The lowest BCUT2D eigenvalue weighted by molar-refractivity contribution is -0.384. The number of aliphatic hydroxyl groups is 1. The van der Waals surface area contributed by atoms with Gasteiger partial charge in [0.25, 0.3) is 0 Å². The van der Waals surface area contributed by atoms with Crippen molar-refractivity contribution in [2.45, 2.75) is 19.4 Å². The van der Waals surface area contributed by atoms with Gasteiger partial charge in [-0.25, -0.2) is 9.78 Å². The molecule has 0 spiro atoms. The minimum Gasteiger partial charge on any atom is -0.464 e. The Morgan fingerprint density at radius 2 is 2.29 bits per heavy atom. The van der Waals surface area contributed by atoms with Gasteiger partial charge in [-0.2, -0.15) is 0 Å². The zero-order valence-electron chi connectivity index (χ0n) is 11.9. The van der Waals surface area contributed by atoms with Gasteiger partial charge in [-0.15, -0.1) is 0 Å². The number of piperidine rings is 1. The van der Waals surface area contributed by atoms with Crippen molar-refractivity contribution in [3.8, 4) is 0 Å². The maximum Gasteiger partial charge on any atom is 0.356 e. The fraction of sp³-hybridized carbons (Fsp3) is 0.538. The van der Waals surface area contributed by atoms with E-state index >= 15 is 0 Å². The molecule has 1 N–H and O–H groups in total. The number of hydrogen-bond acceptors (Lipinski definition) is 7. The molecule has 8 nitrogen and oxygen atoms in total. The van der Waals surface area contributed by atoms with Crippen LogP contribution in [0.4, 0.5) is 11.5 Å². The van der Waals surface area contributed by atoms with Crippen LogP contribution in [0.25, 0.3) is 0 Å². The summed E-state index contributed by atoms with van der Waals surface area (Å²) in [4.78, 5) is 27.8. The van der Waals surface area contributed by atoms with Crippen molar-refractivity contribution in [1.29, 1.82) is 0 Å². The first kappa shape index (κ1) is 15.2. The standard InChI is InChI=1S/C13H17N3O5/c1-8-5-6-15(7-11(8)17)12-10(16(19)20)4-3-9(14-12)13(18)21-2/h3-4,8,11,17H,5-7H2,1-2H3. The highest BCUT2D eigenvalue weighted by Gasteiger charge is 2.30. The lowest BCUT2D eigenvalue weighted by Gasteiger charge is -2.34. The van der Waals surface area contributed by atoms with Crippen molar-refractivity contribution in [2.75, 3.05) is 25.1 Å². The second-order valence-corrected chi connectivity index (χ2v) is 5.07. The lowest BCUT2D eigenvalue weighted by Crippen LogP contribution is -2.43. The van der Waals surface area contributed by atoms with Gasteiger partial charge in [0.05, 0.1) is 18.1 Å². The maximum absolute atomic E-state index is 11.5. The Kier molecular flexibility index (Phi) is 4.37. The Bertz CT molecular complexity index is 563. The quantitative estimate of drug-likeness (QED) is 0.503. The second kappa shape index (κ2) is 6.04. The number of pyridine rings is 1. The summed E-state index contributed by atoms with van der Waals surface area (Å²) in [5.41, 5.74) is -0.185. The summed E-state index contributed by atoms with van der Waals surface area (Å²) < 4.78 is 4.58. The number of nitrogens with zero attached hydrogens (tertiary/aromatic N) is 3. The zero-order chi connectivity index (χ0) is 15.6. The predicted molar refractivity (Wildman–Crippen MR) is 74.2 cm³/mol. The highest BCUT2D eigenvalue weighted by Crippen LogP contribution is 2.30. The average Bonchev–Trinajstić information content (AvgIpc) is 2.48. The van der Waals surface area contributed by atoms with E-state index in [2.05, 4.69) is 9.72 Å². The lowest BCUT2D eigenvalue weighted by atomic mass is 9.96. The van der Waals surface area contributed by atoms with Gasteiger partial charge < -0.3 is 14.7 Å². The molecule has 0 bridgehead atoms. The van der Waals surface area contributed by atoms with Crippen molar-refractivity contribution in [3.05, 3.63) is 27.9 Å². The highest BCUT2D eigenvalue weighted by molar-refractivity contribution is 5.88. The minimum absolute atomic E-state index is 0.00575. The molecule has 0 aliphatic carbocycles. The molecule has 1 fully saturated rings. The van der Waals surface area contributed by atoms with Gasteiger partial charge >= 0.3 is 11.7 Å². The first-order chi connectivity index (χ1) is 9.93. The van der Waals surface area contributed by atoms with Crippen LogP contribution in [0, 0.1) is 16.0 Å². The van der Waals surface area contributed by atoms with Gasteiger partial charge in [-0.3, -0.25) is 10.1 Å². The van der Waals surface area contributed by atoms with E-state index in [9.17, 15) is 20.0 Å². The third kappa shape index (κ3) is 3.10. The first-order valence-corrected chi connectivity index (χ1v) is 6.60. The number of carbonyl (C=O) groups is 1. The topological polar surface area (TPSA) is 106 Å². The molecule has 2 unspecified atom stereocenters. The molecule has 1 aromatic heterocycles. The summed E-state index contributed by atoms with van der Waals surface area (Å²) in [6, 6.07) is 2.50. The molecule has 1 aliphatic rings. The number of aromatic nitrogens is 1. The molecule has 1 saturated heterocycles. The van der Waals surface area contributed by atoms with Gasteiger partial charge in [0, 0.05) is 19.2 Å². The Morgan fingerprint density at radius 3 is 2.86 bits per heavy atom. The van der Waals surface area contributed by atoms with E-state index < -0.39 is 17.0 Å². The summed E-state index contributed by atoms with van der Waals surface area (Å²) >= 11 is 0. The van der Waals surface area contributed by atoms with Gasteiger partial charge in [0.2, 0.25) is 5.82 Å². The van der Waals surface area contributed by atoms with Gasteiger partial charge in [0.15, 0.2) is 5.69 Å². The molecule has 0 radical (unpaired) electrons. The smallest absolute Gasteiger partial charge is 0.356 e. The van der Waals surface area contributed by atoms with Gasteiger partial charge in [-0.1, -0.05) is 6.92 Å². The second-order valence-electron chi connectivity index (χ2n) is 5.07. The molecule has 114 valence electrons. The molecular formula is C13H17N3O5. The van der Waals surface area contributed by atoms with Crippen molar-refractivity contribution >= 4 is 17.5 Å². The zero-order valence-corrected chi connectivity index (χ0v) is 11.9. The molecule has 1 aliphatic heterocycles. The van der Waals surface area contributed by atoms with Crippen molar-refractivity contribution < 1.29 is 19.6 Å². The molecule has 2 atom stereocenters. The third-order valence-electron chi connectivity index (χ3n) is 3.66. The van der Waals surface area contributed by atoms with E-state index in [1.807, 2.05) is 6.92 Å². The van der Waals surface area contributed by atoms with E-state index in [0.717, 1.165) is 0 Å². The van der Waals surface area contributed by atoms with Crippen LogP contribution in [0.3, 0.4) is 0 Å². The number of methoxy groups -OCH3 is 1. The molecule has 1 aromatic rings. The minimum atomic E-state index is -0.655. The number of esters is 1. The van der Waals surface area contributed by atoms with E-state index in [1.54, 1.807) is 4.90 Å². The van der Waals surface area contributed by atoms with Crippen LogP contribution < -0.4 is 4.90 Å². The van der Waals surface area contributed by atoms with E-state index in [0.29, 0.717) is 13.0 Å². The number of nitro groups is 1. The first-order valence-electron chi connectivity index (χ1n) is 6.60. The third-order valence-corrected chi connectivity index (χ3v) is 3.66. The summed E-state index contributed by atoms with van der Waals surface area (Å²) in [7, 11) is 1.22. The number of ether oxygens (including phenoxy) is 1. The molecule has 0 saturated carbocycles. The van der Waals surface area contributed by atoms with E-state index in [4.69, 9.17) is 0 Å². The maximum atomic E-state index is 11.5. The molecule has 21 heavy (non-hydrogen) atoms. The number of β-amino-alcohol motifs (C(OH)–C–C–N with tert-alkyl or cyclic N) is 1. The molecular weight excluding hydrogens is 278 g/mol. The van der Waals surface area contributed by atoms with Crippen molar-refractivity contribution in [3.63, 3.8) is 0 Å². The summed E-state index contributed by atoms with van der Waals surface area (Å²) in [5, 5.41) is 21.1. The molecule has 0 amide bonds. The monoisotopic (exact) mass is 295 g/mol. The van der Waals surface area contributed by atoms with Crippen LogP contribution in [-0.4, -0.2) is 47.3 Å². The Hall–Kier alpha value is -2.22. The molecule has 2 rings (SSSR count). The molecule has 0 aromatic carbocycles. The van der Waals surface area contributed by atoms with Crippen LogP contribution in [-0.2, 0) is 4.74 Å². The number of anilines is 1. The summed E-state index contributed by atoms with van der Waals surface area (Å²) in [5.74, 6) is -0.435. The van der Waals surface area contributed by atoms with E-state index in [1.165, 1.54) is 19.2 Å². The molecule has 2 heterocycles. The Balaban J connectivity index is 2.39. The van der Waals surface area contributed by atoms with Crippen LogP contribution in [0.5, 0.6) is 0 Å². The largest absolute Gasteiger partial charge is 0.464 e. The van der Waals surface area contributed by atoms with Crippen LogP contribution in [0.1, 0.15) is 23.8 Å². The van der Waals surface area contributed by atoms with Crippen LogP contribution >= 0.6 is 0 Å². The van der Waals surface area contributed by atoms with Gasteiger partial charge in [-0.05, 0) is 18.4 Å². The van der Waals surface area contributed by atoms with Crippen molar-refractivity contribution in [1.82, 2.24) is 4.98 Å². The number of aliphatic hydroxyl groups excluding tert-OH is 1. The van der Waals surface area contributed by atoms with Crippen LogP contribution in [0.15, 0.2) is 12.1 Å². The van der Waals surface area contributed by atoms with Crippen LogP contribution in [0.2, 0.25) is 0 Å². The SMILES string of the molecule is COC(=O)c1ccc([N+](=O)[O-])c(N2CCC(C)C(O)C2)n1. The van der Waals surface area contributed by atoms with E-state index in [-0.39, 0.29) is 29.7 Å². The fourth-order valence-corrected chi connectivity index (χ4v) is 2.28. The summed E-state index contributed by atoms with van der Waals surface area (Å²) in [6.07, 6.45) is 0.115. The molecule has 8 heteroatoms. The highest BCUT2D eigenvalue weighted by atomic mass is 16.6. The summed E-state index contributed by atoms with van der Waals surface area (Å²) in [6.45, 7) is 2.71. The Labute approximate surface area is 121 Å². The van der Waals surface area contributed by atoms with Gasteiger partial charge in [0.1, 0.15) is 0 Å².